The number of hydrogen-bond donors (Lipinski definition) is 0. The van der Waals surface area contributed by atoms with Gasteiger partial charge in [0.05, 0.1) is 5.29 Å². The Balaban J connectivity index is 1.64. The Morgan fingerprint density at radius 3 is 0.911 bits per heavy atom. The molecular weight excluding hydrogens is 586 g/mol. The van der Waals surface area contributed by atoms with Crippen LogP contribution in [0.4, 0.5) is 0 Å². The minimum Gasteiger partial charge on any atom is -0.289 e. The van der Waals surface area contributed by atoms with Crippen LogP contribution in [0.1, 0.15) is 6.92 Å². The molecule has 0 unspecified atom stereocenters. The van der Waals surface area contributed by atoms with Crippen molar-refractivity contribution in [2.24, 2.45) is 0 Å². The van der Waals surface area contributed by atoms with E-state index in [2.05, 4.69) is 72.8 Å². The largest absolute Gasteiger partial charge is 0.289 e. The molecule has 1 aliphatic rings. The predicted molar refractivity (Wildman–Crippen MR) is 194 cm³/mol. The van der Waals surface area contributed by atoms with Crippen molar-refractivity contribution in [2.75, 3.05) is 0 Å². The fraction of sp³-hybridized carbons (Fsp3) is 0.0488. The minimum absolute atomic E-state index is 0.0534. The molecule has 2 nitrogen and oxygen atoms in total. The van der Waals surface area contributed by atoms with Crippen LogP contribution in [0, 0.1) is 0 Å². The van der Waals surface area contributed by atoms with Gasteiger partial charge in [-0.3, -0.25) is 9.59 Å². The Kier molecular flexibility index (Phi) is 7.58. The van der Waals surface area contributed by atoms with Crippen LogP contribution in [0.25, 0.3) is 0 Å². The third kappa shape index (κ3) is 4.21. The van der Waals surface area contributed by atoms with E-state index < -0.39 is 19.3 Å². The van der Waals surface area contributed by atoms with E-state index in [1.165, 1.54) is 0 Å². The molecule has 0 heterocycles. The van der Waals surface area contributed by atoms with E-state index in [0.717, 1.165) is 31.8 Å². The summed E-state index contributed by atoms with van der Waals surface area (Å²) in [4.78, 5) is 31.2. The first-order valence-corrected chi connectivity index (χ1v) is 18.7. The summed E-state index contributed by atoms with van der Waals surface area (Å²) in [6.07, 6.45) is 0. The molecule has 0 bridgehead atoms. The van der Waals surface area contributed by atoms with E-state index in [0.29, 0.717) is 5.29 Å². The highest BCUT2D eigenvalue weighted by Gasteiger charge is 2.76. The van der Waals surface area contributed by atoms with Gasteiger partial charge in [-0.15, -0.1) is 0 Å². The summed E-state index contributed by atoms with van der Waals surface area (Å²) in [7, 11) is -2.87. The molecule has 0 N–H and O–H groups in total. The van der Waals surface area contributed by atoms with Crippen molar-refractivity contribution in [1.29, 1.82) is 0 Å². The standard InChI is InChI=1S/C41H33O2P2/c1-41(45(35-26-14-5-15-27-35,36-28-16-6-17-29-36)37-30-18-7-19-31-37)39(42)38(40(41)43)44(32-20-8-2-9-21-32,33-22-10-3-11-23-33)34-24-12-4-13-25-34/h2-31H,1H3/q+1. The van der Waals surface area contributed by atoms with E-state index in [1.54, 1.807) is 0 Å². The second-order valence-corrected chi connectivity index (χ2v) is 18.6. The van der Waals surface area contributed by atoms with Gasteiger partial charge in [-0.05, 0) is 66.1 Å². The van der Waals surface area contributed by atoms with Gasteiger partial charge in [-0.1, -0.05) is 146 Å². The molecule has 6 aromatic rings. The van der Waals surface area contributed by atoms with Gasteiger partial charge in [0.15, 0.2) is 0 Å². The van der Waals surface area contributed by atoms with E-state index in [-0.39, 0.29) is 11.6 Å². The first-order chi connectivity index (χ1) is 22.1. The fourth-order valence-electron chi connectivity index (χ4n) is 7.18. The number of carbonyl (C=O) groups is 2. The molecule has 1 aliphatic carbocycles. The lowest BCUT2D eigenvalue weighted by Gasteiger charge is -2.48. The first kappa shape index (κ1) is 29.1. The van der Waals surface area contributed by atoms with Crippen molar-refractivity contribution in [3.63, 3.8) is 0 Å². The molecule has 7 rings (SSSR count). The molecule has 0 atom stereocenters. The van der Waals surface area contributed by atoms with Crippen molar-refractivity contribution in [2.45, 2.75) is 12.1 Å². The number of ketones is 2. The summed E-state index contributed by atoms with van der Waals surface area (Å²) >= 11 is 0. The third-order valence-corrected chi connectivity index (χ3v) is 18.4. The molecule has 0 aromatic heterocycles. The monoisotopic (exact) mass is 619 g/mol. The summed E-state index contributed by atoms with van der Waals surface area (Å²) in [5.74, 6) is -0.107. The van der Waals surface area contributed by atoms with Gasteiger partial charge >= 0.3 is 0 Å². The molecule has 0 saturated heterocycles. The maximum atomic E-state index is 15.6. The SMILES string of the molecule is CC1([P+](c2ccccc2)(c2ccccc2)c2ccccc2)C(=O)C(=P(c2ccccc2)(c2ccccc2)c2ccccc2)C1=O. The Labute approximate surface area is 265 Å². The highest BCUT2D eigenvalue weighted by Crippen LogP contribution is 2.71. The van der Waals surface area contributed by atoms with E-state index in [9.17, 15) is 0 Å². The lowest BCUT2D eigenvalue weighted by atomic mass is 9.82. The van der Waals surface area contributed by atoms with Gasteiger partial charge in [0.25, 0.3) is 0 Å². The molecule has 1 fully saturated rings. The predicted octanol–water partition coefficient (Wildman–Crippen LogP) is 6.06. The van der Waals surface area contributed by atoms with Crippen LogP contribution >= 0.6 is 14.1 Å². The number of Topliss-reactive ketones (excluding diaryl/α,β-unsaturated/α-hetero) is 2. The van der Waals surface area contributed by atoms with Crippen molar-refractivity contribution in [3.05, 3.63) is 182 Å². The molecule has 0 spiro atoms. The molecule has 0 aliphatic heterocycles. The first-order valence-electron chi connectivity index (χ1n) is 15.2. The fourth-order valence-corrected chi connectivity index (χ4v) is 17.1. The molecular formula is C41H33O2P2+. The normalized spacial score (nSPS) is 14.6. The van der Waals surface area contributed by atoms with Crippen LogP contribution in [-0.4, -0.2) is 22.0 Å². The zero-order chi connectivity index (χ0) is 30.9. The van der Waals surface area contributed by atoms with Crippen molar-refractivity contribution < 1.29 is 9.59 Å². The van der Waals surface area contributed by atoms with Gasteiger partial charge in [0.1, 0.15) is 23.2 Å². The van der Waals surface area contributed by atoms with Crippen molar-refractivity contribution in [1.82, 2.24) is 0 Å². The van der Waals surface area contributed by atoms with E-state index >= 15 is 9.59 Å². The summed E-state index contributed by atoms with van der Waals surface area (Å²) in [5.41, 5.74) is 0. The van der Waals surface area contributed by atoms with E-state index in [1.807, 2.05) is 116 Å². The summed E-state index contributed by atoms with van der Waals surface area (Å²) in [6.45, 7) is -0.930. The van der Waals surface area contributed by atoms with Crippen molar-refractivity contribution in [3.8, 4) is 0 Å². The highest BCUT2D eigenvalue weighted by molar-refractivity contribution is 8.02. The lowest BCUT2D eigenvalue weighted by Crippen LogP contribution is -2.70. The molecule has 4 heteroatoms. The smallest absolute Gasteiger partial charge is 0.219 e. The molecule has 6 aromatic carbocycles. The van der Waals surface area contributed by atoms with Crippen LogP contribution < -0.4 is 31.8 Å². The number of rotatable bonds is 7. The van der Waals surface area contributed by atoms with Gasteiger partial charge in [0.2, 0.25) is 16.7 Å². The third-order valence-electron chi connectivity index (χ3n) is 9.18. The minimum atomic E-state index is -2.87. The lowest BCUT2D eigenvalue weighted by molar-refractivity contribution is -0.128. The average molecular weight is 620 g/mol. The summed E-state index contributed by atoms with van der Waals surface area (Å²) in [5, 5.41) is 5.21. The Hall–Kier alpha value is -4.61. The number of benzene rings is 6. The second-order valence-electron chi connectivity index (χ2n) is 11.4. The topological polar surface area (TPSA) is 34.1 Å². The highest BCUT2D eigenvalue weighted by atomic mass is 31.2. The van der Waals surface area contributed by atoms with Gasteiger partial charge in [0, 0.05) is 0 Å². The second kappa shape index (κ2) is 11.7. The Morgan fingerprint density at radius 2 is 0.644 bits per heavy atom. The Bertz CT molecular complexity index is 1810. The average Bonchev–Trinajstić information content (AvgIpc) is 3.13. The molecule has 218 valence electrons. The molecule has 0 radical (unpaired) electrons. The van der Waals surface area contributed by atoms with Crippen LogP contribution in [0.15, 0.2) is 182 Å². The molecule has 0 amide bonds. The zero-order valence-electron chi connectivity index (χ0n) is 25.0. The Morgan fingerprint density at radius 1 is 0.400 bits per heavy atom. The van der Waals surface area contributed by atoms with Crippen LogP contribution in [0.5, 0.6) is 0 Å². The maximum absolute atomic E-state index is 15.6. The molecule has 45 heavy (non-hydrogen) atoms. The van der Waals surface area contributed by atoms with Crippen molar-refractivity contribution >= 4 is 62.8 Å². The quantitative estimate of drug-likeness (QED) is 0.161. The van der Waals surface area contributed by atoms with Gasteiger partial charge < -0.3 is 0 Å². The number of carbonyl (C=O) groups excluding carboxylic acids is 2. The maximum Gasteiger partial charge on any atom is 0.219 e. The van der Waals surface area contributed by atoms with Gasteiger partial charge in [-0.25, -0.2) is 0 Å². The van der Waals surface area contributed by atoms with Crippen LogP contribution in [-0.2, 0) is 9.59 Å². The summed E-state index contributed by atoms with van der Waals surface area (Å²) < 4.78 is 0. The summed E-state index contributed by atoms with van der Waals surface area (Å²) in [6, 6.07) is 61.3. The van der Waals surface area contributed by atoms with E-state index in [4.69, 9.17) is 0 Å². The van der Waals surface area contributed by atoms with Crippen LogP contribution in [0.3, 0.4) is 0 Å². The van der Waals surface area contributed by atoms with Crippen LogP contribution in [0.2, 0.25) is 0 Å². The number of hydrogen-bond acceptors (Lipinski definition) is 2. The molecule has 1 saturated carbocycles. The zero-order valence-corrected chi connectivity index (χ0v) is 26.8. The van der Waals surface area contributed by atoms with Gasteiger partial charge in [-0.2, -0.15) is 0 Å².